The molecule has 0 bridgehead atoms. The molecule has 1 aromatic carbocycles. The van der Waals surface area contributed by atoms with Crippen LogP contribution in [0.25, 0.3) is 0 Å². The minimum Gasteiger partial charge on any atom is -0.396 e. The Hall–Kier alpha value is -0.570. The van der Waals surface area contributed by atoms with E-state index in [1.807, 2.05) is 12.1 Å². The lowest BCUT2D eigenvalue weighted by atomic mass is 9.97. The van der Waals surface area contributed by atoms with Crippen LogP contribution in [0, 0.1) is 0 Å². The molecule has 0 aromatic heterocycles. The number of aliphatic hydroxyl groups is 1. The van der Waals surface area contributed by atoms with Crippen molar-refractivity contribution in [2.45, 2.75) is 32.2 Å². The van der Waals surface area contributed by atoms with Crippen LogP contribution in [0.2, 0.25) is 0 Å². The molecule has 0 aliphatic carbocycles. The minimum absolute atomic E-state index is 0. The molecule has 0 aliphatic heterocycles. The van der Waals surface area contributed by atoms with Crippen molar-refractivity contribution < 1.29 is 5.11 Å². The maximum atomic E-state index is 8.80. The van der Waals surface area contributed by atoms with Gasteiger partial charge < -0.3 is 10.8 Å². The average Bonchev–Trinajstić information content (AvgIpc) is 2.18. The topological polar surface area (TPSA) is 46.2 Å². The Balaban J connectivity index is 0.00000196. The van der Waals surface area contributed by atoms with Crippen LogP contribution in [0.5, 0.6) is 0 Å². The molecule has 0 aliphatic rings. The number of aliphatic hydroxyl groups excluding tert-OH is 1. The molecule has 0 saturated carbocycles. The molecule has 86 valence electrons. The Kier molecular flexibility index (Phi) is 6.57. The zero-order valence-corrected chi connectivity index (χ0v) is 10.1. The molecule has 0 amide bonds. The van der Waals surface area contributed by atoms with Crippen molar-refractivity contribution in [3.05, 3.63) is 35.4 Å². The quantitative estimate of drug-likeness (QED) is 0.834. The molecule has 15 heavy (non-hydrogen) atoms. The summed E-state index contributed by atoms with van der Waals surface area (Å²) in [6, 6.07) is 8.25. The molecule has 1 rings (SSSR count). The zero-order valence-electron chi connectivity index (χ0n) is 9.31. The summed E-state index contributed by atoms with van der Waals surface area (Å²) in [5.74, 6) is 0.524. The van der Waals surface area contributed by atoms with E-state index in [-0.39, 0.29) is 25.1 Å². The van der Waals surface area contributed by atoms with E-state index < -0.39 is 0 Å². The first kappa shape index (κ1) is 14.4. The molecule has 0 spiro atoms. The van der Waals surface area contributed by atoms with Gasteiger partial charge in [-0.1, -0.05) is 38.1 Å². The Morgan fingerprint density at radius 1 is 1.27 bits per heavy atom. The van der Waals surface area contributed by atoms with Gasteiger partial charge in [0.25, 0.3) is 0 Å². The van der Waals surface area contributed by atoms with Crippen LogP contribution in [0.4, 0.5) is 0 Å². The van der Waals surface area contributed by atoms with Crippen molar-refractivity contribution in [3.63, 3.8) is 0 Å². The summed E-state index contributed by atoms with van der Waals surface area (Å²) in [7, 11) is 0. The van der Waals surface area contributed by atoms with E-state index in [1.165, 1.54) is 5.56 Å². The number of halogens is 1. The maximum absolute atomic E-state index is 8.80. The van der Waals surface area contributed by atoms with Gasteiger partial charge in [0.2, 0.25) is 0 Å². The van der Waals surface area contributed by atoms with Gasteiger partial charge in [0.15, 0.2) is 0 Å². The van der Waals surface area contributed by atoms with Gasteiger partial charge in [0.05, 0.1) is 0 Å². The molecule has 1 atom stereocenters. The van der Waals surface area contributed by atoms with Crippen molar-refractivity contribution in [3.8, 4) is 0 Å². The number of nitrogens with two attached hydrogens (primary N) is 1. The van der Waals surface area contributed by atoms with Crippen molar-refractivity contribution >= 4 is 12.4 Å². The van der Waals surface area contributed by atoms with E-state index in [4.69, 9.17) is 10.8 Å². The standard InChI is InChI=1S/C12H19NO.ClH/c1-9(2)10-4-3-5-11(8-10)12(13)6-7-14;/h3-5,8-9,12,14H,6-7,13H2,1-2H3;1H/t12-;/m0./s1. The SMILES string of the molecule is CC(C)c1cccc([C@@H](N)CCO)c1.Cl. The second-order valence-electron chi connectivity index (χ2n) is 3.94. The van der Waals surface area contributed by atoms with E-state index in [2.05, 4.69) is 26.0 Å². The monoisotopic (exact) mass is 229 g/mol. The summed E-state index contributed by atoms with van der Waals surface area (Å²) in [6.07, 6.45) is 0.627. The van der Waals surface area contributed by atoms with Gasteiger partial charge >= 0.3 is 0 Å². The van der Waals surface area contributed by atoms with Crippen molar-refractivity contribution in [1.82, 2.24) is 0 Å². The van der Waals surface area contributed by atoms with Gasteiger partial charge in [-0.25, -0.2) is 0 Å². The highest BCUT2D eigenvalue weighted by atomic mass is 35.5. The summed E-state index contributed by atoms with van der Waals surface area (Å²) in [5, 5.41) is 8.80. The summed E-state index contributed by atoms with van der Waals surface area (Å²) in [4.78, 5) is 0. The molecule has 0 fully saturated rings. The lowest BCUT2D eigenvalue weighted by Crippen LogP contribution is -2.12. The first-order valence-corrected chi connectivity index (χ1v) is 5.11. The smallest absolute Gasteiger partial charge is 0.0449 e. The normalized spacial score (nSPS) is 12.3. The van der Waals surface area contributed by atoms with E-state index in [9.17, 15) is 0 Å². The number of hydrogen-bond donors (Lipinski definition) is 2. The summed E-state index contributed by atoms with van der Waals surface area (Å²) >= 11 is 0. The molecule has 0 radical (unpaired) electrons. The highest BCUT2D eigenvalue weighted by molar-refractivity contribution is 5.85. The Labute approximate surface area is 97.9 Å². The van der Waals surface area contributed by atoms with Gasteiger partial charge in [0.1, 0.15) is 0 Å². The Morgan fingerprint density at radius 3 is 2.40 bits per heavy atom. The third-order valence-electron chi connectivity index (χ3n) is 2.45. The zero-order chi connectivity index (χ0) is 10.6. The number of hydrogen-bond acceptors (Lipinski definition) is 2. The van der Waals surface area contributed by atoms with Crippen LogP contribution in [0.1, 0.15) is 43.4 Å². The Morgan fingerprint density at radius 2 is 1.87 bits per heavy atom. The van der Waals surface area contributed by atoms with Crippen LogP contribution in [-0.4, -0.2) is 11.7 Å². The fraction of sp³-hybridized carbons (Fsp3) is 0.500. The van der Waals surface area contributed by atoms with Crippen LogP contribution < -0.4 is 5.73 Å². The van der Waals surface area contributed by atoms with Gasteiger partial charge in [-0.3, -0.25) is 0 Å². The fourth-order valence-electron chi connectivity index (χ4n) is 1.45. The molecular weight excluding hydrogens is 210 g/mol. The largest absolute Gasteiger partial charge is 0.396 e. The van der Waals surface area contributed by atoms with Crippen LogP contribution in [-0.2, 0) is 0 Å². The van der Waals surface area contributed by atoms with Crippen molar-refractivity contribution in [2.75, 3.05) is 6.61 Å². The number of rotatable bonds is 4. The molecule has 0 unspecified atom stereocenters. The molecule has 0 saturated heterocycles. The van der Waals surface area contributed by atoms with Crippen molar-refractivity contribution in [1.29, 1.82) is 0 Å². The van der Waals surface area contributed by atoms with Crippen molar-refractivity contribution in [2.24, 2.45) is 5.73 Å². The highest BCUT2D eigenvalue weighted by Gasteiger charge is 2.06. The molecule has 0 heterocycles. The highest BCUT2D eigenvalue weighted by Crippen LogP contribution is 2.20. The molecule has 3 heteroatoms. The maximum Gasteiger partial charge on any atom is 0.0449 e. The fourth-order valence-corrected chi connectivity index (χ4v) is 1.45. The van der Waals surface area contributed by atoms with Crippen LogP contribution >= 0.6 is 12.4 Å². The first-order chi connectivity index (χ1) is 6.65. The third-order valence-corrected chi connectivity index (χ3v) is 2.45. The van der Waals surface area contributed by atoms with Crippen LogP contribution in [0.3, 0.4) is 0 Å². The summed E-state index contributed by atoms with van der Waals surface area (Å²) in [5.41, 5.74) is 8.33. The predicted molar refractivity (Wildman–Crippen MR) is 66.4 cm³/mol. The predicted octanol–water partition coefficient (Wildman–Crippen LogP) is 2.61. The number of benzene rings is 1. The molecule has 3 N–H and O–H groups in total. The van der Waals surface area contributed by atoms with Crippen LogP contribution in [0.15, 0.2) is 24.3 Å². The molecule has 2 nitrogen and oxygen atoms in total. The summed E-state index contributed by atoms with van der Waals surface area (Å²) in [6.45, 7) is 4.47. The molecule has 1 aromatic rings. The minimum atomic E-state index is -0.0429. The molecular formula is C12H20ClNO. The van der Waals surface area contributed by atoms with E-state index in [1.54, 1.807) is 0 Å². The average molecular weight is 230 g/mol. The third kappa shape index (κ3) is 4.20. The lowest BCUT2D eigenvalue weighted by Gasteiger charge is -2.13. The van der Waals surface area contributed by atoms with E-state index >= 15 is 0 Å². The first-order valence-electron chi connectivity index (χ1n) is 5.11. The summed E-state index contributed by atoms with van der Waals surface area (Å²) < 4.78 is 0. The van der Waals surface area contributed by atoms with E-state index in [0.29, 0.717) is 12.3 Å². The second-order valence-corrected chi connectivity index (χ2v) is 3.94. The van der Waals surface area contributed by atoms with Gasteiger partial charge in [-0.15, -0.1) is 12.4 Å². The van der Waals surface area contributed by atoms with E-state index in [0.717, 1.165) is 5.56 Å². The second kappa shape index (κ2) is 6.83. The van der Waals surface area contributed by atoms with Gasteiger partial charge in [-0.2, -0.15) is 0 Å². The van der Waals surface area contributed by atoms with Gasteiger partial charge in [0, 0.05) is 12.6 Å². The van der Waals surface area contributed by atoms with Gasteiger partial charge in [-0.05, 0) is 23.5 Å². The lowest BCUT2D eigenvalue weighted by molar-refractivity contribution is 0.276. The Bertz CT molecular complexity index is 289.